The van der Waals surface area contributed by atoms with E-state index in [0.717, 1.165) is 40.3 Å². The van der Waals surface area contributed by atoms with Crippen molar-refractivity contribution in [1.29, 1.82) is 0 Å². The molecule has 5 nitrogen and oxygen atoms in total. The summed E-state index contributed by atoms with van der Waals surface area (Å²) in [5.74, 6) is 3.19. The Kier molecular flexibility index (Phi) is 6.17. The van der Waals surface area contributed by atoms with Crippen LogP contribution in [0, 0.1) is 6.92 Å². The first-order chi connectivity index (χ1) is 12.7. The Balaban J connectivity index is 1.62. The first-order valence-electron chi connectivity index (χ1n) is 8.61. The average Bonchev–Trinajstić information content (AvgIpc) is 3.09. The van der Waals surface area contributed by atoms with Gasteiger partial charge in [0.25, 0.3) is 0 Å². The SMILES string of the molecule is CCn1c(SCCOc2ccccc2OC)nnc1-c1ccc(C)cc1. The molecule has 0 spiro atoms. The molecule has 0 N–H and O–H groups in total. The van der Waals surface area contributed by atoms with E-state index in [1.165, 1.54) is 5.56 Å². The number of rotatable bonds is 8. The third kappa shape index (κ3) is 4.19. The average molecular weight is 369 g/mol. The Morgan fingerprint density at radius 3 is 2.42 bits per heavy atom. The molecule has 1 aromatic heterocycles. The van der Waals surface area contributed by atoms with E-state index in [9.17, 15) is 0 Å². The fourth-order valence-electron chi connectivity index (χ4n) is 2.62. The van der Waals surface area contributed by atoms with Crippen LogP contribution < -0.4 is 9.47 Å². The Hall–Kier alpha value is -2.47. The van der Waals surface area contributed by atoms with Crippen molar-refractivity contribution in [3.63, 3.8) is 0 Å². The number of aryl methyl sites for hydroxylation is 1. The van der Waals surface area contributed by atoms with E-state index in [1.54, 1.807) is 18.9 Å². The van der Waals surface area contributed by atoms with Gasteiger partial charge in [-0.1, -0.05) is 53.7 Å². The van der Waals surface area contributed by atoms with Crippen LogP contribution in [0.1, 0.15) is 12.5 Å². The first-order valence-corrected chi connectivity index (χ1v) is 9.60. The highest BCUT2D eigenvalue weighted by Gasteiger charge is 2.13. The van der Waals surface area contributed by atoms with Gasteiger partial charge >= 0.3 is 0 Å². The van der Waals surface area contributed by atoms with Gasteiger partial charge in [0.15, 0.2) is 22.5 Å². The molecule has 0 saturated carbocycles. The van der Waals surface area contributed by atoms with Crippen LogP contribution in [0.3, 0.4) is 0 Å². The topological polar surface area (TPSA) is 49.2 Å². The van der Waals surface area contributed by atoms with E-state index in [2.05, 4.69) is 52.9 Å². The number of methoxy groups -OCH3 is 1. The van der Waals surface area contributed by atoms with Gasteiger partial charge in [-0.05, 0) is 26.0 Å². The molecule has 0 bridgehead atoms. The summed E-state index contributed by atoms with van der Waals surface area (Å²) in [6.07, 6.45) is 0. The molecule has 6 heteroatoms. The molecule has 0 radical (unpaired) electrons. The highest BCUT2D eigenvalue weighted by Crippen LogP contribution is 2.27. The van der Waals surface area contributed by atoms with Crippen molar-refractivity contribution in [1.82, 2.24) is 14.8 Å². The zero-order valence-corrected chi connectivity index (χ0v) is 16.1. The minimum absolute atomic E-state index is 0.571. The Bertz CT molecular complexity index is 847. The molecule has 2 aromatic carbocycles. The summed E-state index contributed by atoms with van der Waals surface area (Å²) < 4.78 is 13.3. The van der Waals surface area contributed by atoms with E-state index in [0.29, 0.717) is 6.61 Å². The summed E-state index contributed by atoms with van der Waals surface area (Å²) in [5.41, 5.74) is 2.32. The molecule has 0 atom stereocenters. The van der Waals surface area contributed by atoms with Crippen LogP contribution in [0.2, 0.25) is 0 Å². The van der Waals surface area contributed by atoms with Gasteiger partial charge in [0, 0.05) is 17.9 Å². The van der Waals surface area contributed by atoms with Gasteiger partial charge in [-0.25, -0.2) is 0 Å². The third-order valence-electron chi connectivity index (χ3n) is 3.98. The number of para-hydroxylation sites is 2. The molecule has 0 aliphatic heterocycles. The summed E-state index contributed by atoms with van der Waals surface area (Å²) in [6, 6.07) is 16.0. The molecule has 3 rings (SSSR count). The van der Waals surface area contributed by atoms with Gasteiger partial charge in [-0.3, -0.25) is 0 Å². The van der Waals surface area contributed by atoms with Gasteiger partial charge in [-0.2, -0.15) is 0 Å². The molecule has 3 aromatic rings. The number of nitrogens with zero attached hydrogens (tertiary/aromatic N) is 3. The van der Waals surface area contributed by atoms with Gasteiger partial charge in [0.2, 0.25) is 0 Å². The van der Waals surface area contributed by atoms with Crippen LogP contribution in [-0.4, -0.2) is 34.2 Å². The lowest BCUT2D eigenvalue weighted by atomic mass is 10.1. The van der Waals surface area contributed by atoms with E-state index in [-0.39, 0.29) is 0 Å². The summed E-state index contributed by atoms with van der Waals surface area (Å²) >= 11 is 1.65. The number of hydrogen-bond donors (Lipinski definition) is 0. The number of aromatic nitrogens is 3. The molecular formula is C20H23N3O2S. The second kappa shape index (κ2) is 8.76. The molecule has 1 heterocycles. The van der Waals surface area contributed by atoms with Gasteiger partial charge in [-0.15, -0.1) is 10.2 Å². The van der Waals surface area contributed by atoms with Crippen molar-refractivity contribution in [2.24, 2.45) is 0 Å². The highest BCUT2D eigenvalue weighted by atomic mass is 32.2. The van der Waals surface area contributed by atoms with E-state index in [4.69, 9.17) is 9.47 Å². The molecule has 0 aliphatic carbocycles. The second-order valence-corrected chi connectivity index (χ2v) is 6.83. The minimum Gasteiger partial charge on any atom is -0.493 e. The Morgan fingerprint density at radius 1 is 1.00 bits per heavy atom. The summed E-state index contributed by atoms with van der Waals surface area (Å²) in [5, 5.41) is 9.65. The maximum atomic E-state index is 5.82. The van der Waals surface area contributed by atoms with Crippen molar-refractivity contribution in [3.05, 3.63) is 54.1 Å². The van der Waals surface area contributed by atoms with Crippen LogP contribution >= 0.6 is 11.8 Å². The largest absolute Gasteiger partial charge is 0.493 e. The molecule has 0 amide bonds. The molecule has 0 aliphatic rings. The molecule has 0 fully saturated rings. The second-order valence-electron chi connectivity index (χ2n) is 5.76. The quantitative estimate of drug-likeness (QED) is 0.434. The maximum Gasteiger partial charge on any atom is 0.191 e. The van der Waals surface area contributed by atoms with Crippen LogP contribution in [0.25, 0.3) is 11.4 Å². The molecule has 0 unspecified atom stereocenters. The first kappa shape index (κ1) is 18.3. The zero-order valence-electron chi connectivity index (χ0n) is 15.3. The maximum absolute atomic E-state index is 5.82. The molecule has 26 heavy (non-hydrogen) atoms. The monoisotopic (exact) mass is 369 g/mol. The van der Waals surface area contributed by atoms with Crippen LogP contribution in [0.5, 0.6) is 11.5 Å². The van der Waals surface area contributed by atoms with Gasteiger partial charge in [0.05, 0.1) is 13.7 Å². The number of benzene rings is 2. The van der Waals surface area contributed by atoms with Gasteiger partial charge in [0.1, 0.15) is 0 Å². The smallest absolute Gasteiger partial charge is 0.191 e. The fraction of sp³-hybridized carbons (Fsp3) is 0.300. The zero-order chi connectivity index (χ0) is 18.4. The lowest BCUT2D eigenvalue weighted by molar-refractivity contribution is 0.313. The number of hydrogen-bond acceptors (Lipinski definition) is 5. The standard InChI is InChI=1S/C20H23N3O2S/c1-4-23-19(16-11-9-15(2)10-12-16)21-22-20(23)26-14-13-25-18-8-6-5-7-17(18)24-3/h5-12H,4,13-14H2,1-3H3. The van der Waals surface area contributed by atoms with Crippen molar-refractivity contribution >= 4 is 11.8 Å². The van der Waals surface area contributed by atoms with Crippen LogP contribution in [0.15, 0.2) is 53.7 Å². The van der Waals surface area contributed by atoms with E-state index in [1.807, 2.05) is 24.3 Å². The number of ether oxygens (including phenoxy) is 2. The molecule has 136 valence electrons. The third-order valence-corrected chi connectivity index (χ3v) is 4.91. The van der Waals surface area contributed by atoms with Gasteiger partial charge < -0.3 is 14.0 Å². The molecule has 0 saturated heterocycles. The van der Waals surface area contributed by atoms with Crippen LogP contribution in [-0.2, 0) is 6.54 Å². The van der Waals surface area contributed by atoms with Crippen molar-refractivity contribution in [2.75, 3.05) is 19.5 Å². The van der Waals surface area contributed by atoms with Crippen molar-refractivity contribution in [2.45, 2.75) is 25.5 Å². The van der Waals surface area contributed by atoms with E-state index < -0.39 is 0 Å². The molecular weight excluding hydrogens is 346 g/mol. The lowest BCUT2D eigenvalue weighted by Gasteiger charge is -2.10. The minimum atomic E-state index is 0.571. The summed E-state index contributed by atoms with van der Waals surface area (Å²) in [7, 11) is 1.65. The number of thioether (sulfide) groups is 1. The normalized spacial score (nSPS) is 10.7. The van der Waals surface area contributed by atoms with E-state index >= 15 is 0 Å². The predicted octanol–water partition coefficient (Wildman–Crippen LogP) is 4.45. The highest BCUT2D eigenvalue weighted by molar-refractivity contribution is 7.99. The predicted molar refractivity (Wildman–Crippen MR) is 105 cm³/mol. The summed E-state index contributed by atoms with van der Waals surface area (Å²) in [6.45, 7) is 5.58. The summed E-state index contributed by atoms with van der Waals surface area (Å²) in [4.78, 5) is 0. The van der Waals surface area contributed by atoms with Crippen LogP contribution in [0.4, 0.5) is 0 Å². The Morgan fingerprint density at radius 2 is 1.73 bits per heavy atom. The van der Waals surface area contributed by atoms with Crippen molar-refractivity contribution < 1.29 is 9.47 Å². The Labute approximate surface area is 158 Å². The lowest BCUT2D eigenvalue weighted by Crippen LogP contribution is -2.04. The van der Waals surface area contributed by atoms with Crippen molar-refractivity contribution in [3.8, 4) is 22.9 Å². The fourth-order valence-corrected chi connectivity index (χ4v) is 3.44.